The number of nitrogens with zero attached hydrogens (tertiary/aromatic N) is 2. The third-order valence-corrected chi connectivity index (χ3v) is 6.66. The molecule has 0 spiro atoms. The van der Waals surface area contributed by atoms with Crippen LogP contribution < -0.4 is 4.90 Å². The van der Waals surface area contributed by atoms with Gasteiger partial charge in [0.15, 0.2) is 0 Å². The Bertz CT molecular complexity index is 789. The topological polar surface area (TPSA) is 23.6 Å². The average Bonchev–Trinajstić information content (AvgIpc) is 3.30. The molecule has 25 heavy (non-hydrogen) atoms. The van der Waals surface area contributed by atoms with E-state index in [1.807, 2.05) is 11.3 Å². The second kappa shape index (κ2) is 6.49. The third kappa shape index (κ3) is 3.32. The van der Waals surface area contributed by atoms with E-state index in [0.29, 0.717) is 11.8 Å². The van der Waals surface area contributed by atoms with Crippen LogP contribution in [0.3, 0.4) is 0 Å². The van der Waals surface area contributed by atoms with Gasteiger partial charge in [0.2, 0.25) is 5.91 Å². The largest absolute Gasteiger partial charge is 0.368 e. The lowest BCUT2D eigenvalue weighted by Crippen LogP contribution is -2.49. The summed E-state index contributed by atoms with van der Waals surface area (Å²) in [4.78, 5) is 20.1. The number of piperazine rings is 1. The van der Waals surface area contributed by atoms with Crippen molar-refractivity contribution in [3.8, 4) is 0 Å². The van der Waals surface area contributed by atoms with E-state index in [1.165, 1.54) is 26.6 Å². The average molecular weight is 355 g/mol. The van der Waals surface area contributed by atoms with Crippen LogP contribution in [0.5, 0.6) is 0 Å². The molecule has 1 saturated heterocycles. The number of carbonyl (C=O) groups excluding carboxylic acids is 1. The van der Waals surface area contributed by atoms with E-state index in [-0.39, 0.29) is 5.92 Å². The van der Waals surface area contributed by atoms with Crippen LogP contribution in [-0.4, -0.2) is 37.0 Å². The maximum Gasteiger partial charge on any atom is 0.226 e. The summed E-state index contributed by atoms with van der Waals surface area (Å²) in [5.41, 5.74) is 3.94. The first kappa shape index (κ1) is 16.6. The Balaban J connectivity index is 1.36. The van der Waals surface area contributed by atoms with Crippen LogP contribution >= 0.6 is 11.3 Å². The summed E-state index contributed by atoms with van der Waals surface area (Å²) in [5.74, 6) is 1.07. The first-order valence-electron chi connectivity index (χ1n) is 9.20. The number of aryl methyl sites for hydroxylation is 3. The summed E-state index contributed by atoms with van der Waals surface area (Å²) in [7, 11) is 0. The molecule has 1 unspecified atom stereocenters. The molecular weight excluding hydrogens is 328 g/mol. The fourth-order valence-corrected chi connectivity index (χ4v) is 4.95. The van der Waals surface area contributed by atoms with Crippen LogP contribution in [0.15, 0.2) is 30.3 Å². The first-order chi connectivity index (χ1) is 12.0. The number of hydrogen-bond acceptors (Lipinski definition) is 3. The molecule has 2 aliphatic rings. The smallest absolute Gasteiger partial charge is 0.226 e. The summed E-state index contributed by atoms with van der Waals surface area (Å²) in [5, 5.41) is 0. The monoisotopic (exact) mass is 354 g/mol. The molecule has 4 heteroatoms. The van der Waals surface area contributed by atoms with Crippen LogP contribution in [0.4, 0.5) is 5.69 Å². The fraction of sp³-hybridized carbons (Fsp3) is 0.476. The van der Waals surface area contributed by atoms with Gasteiger partial charge in [-0.1, -0.05) is 12.1 Å². The highest BCUT2D eigenvalue weighted by Gasteiger charge is 2.46. The van der Waals surface area contributed by atoms with Crippen molar-refractivity contribution in [2.24, 2.45) is 5.92 Å². The molecule has 2 atom stereocenters. The Morgan fingerprint density at radius 1 is 1.04 bits per heavy atom. The summed E-state index contributed by atoms with van der Waals surface area (Å²) < 4.78 is 0. The molecule has 3 nitrogen and oxygen atoms in total. The van der Waals surface area contributed by atoms with Gasteiger partial charge in [-0.15, -0.1) is 11.3 Å². The van der Waals surface area contributed by atoms with E-state index in [2.05, 4.69) is 60.9 Å². The van der Waals surface area contributed by atoms with E-state index in [1.54, 1.807) is 0 Å². The van der Waals surface area contributed by atoms with Crippen LogP contribution in [0.25, 0.3) is 0 Å². The molecular formula is C21H26N2OS. The van der Waals surface area contributed by atoms with E-state index in [0.717, 1.165) is 32.6 Å². The lowest BCUT2D eigenvalue weighted by atomic mass is 10.1. The molecule has 1 aliphatic carbocycles. The summed E-state index contributed by atoms with van der Waals surface area (Å²) in [6, 6.07) is 11.0. The molecule has 1 aliphatic heterocycles. The number of rotatable bonds is 3. The molecule has 2 fully saturated rings. The fourth-order valence-electron chi connectivity index (χ4n) is 3.90. The number of amides is 1. The highest BCUT2D eigenvalue weighted by atomic mass is 32.1. The second-order valence-corrected chi connectivity index (χ2v) is 8.82. The predicted octanol–water partition coefficient (Wildman–Crippen LogP) is 4.13. The molecule has 4 rings (SSSR count). The van der Waals surface area contributed by atoms with Crippen LogP contribution in [0.2, 0.25) is 0 Å². The number of carbonyl (C=O) groups is 1. The van der Waals surface area contributed by atoms with Gasteiger partial charge in [-0.25, -0.2) is 0 Å². The van der Waals surface area contributed by atoms with Crippen molar-refractivity contribution in [2.45, 2.75) is 33.1 Å². The van der Waals surface area contributed by atoms with E-state index in [9.17, 15) is 4.79 Å². The van der Waals surface area contributed by atoms with Crippen LogP contribution in [0, 0.1) is 26.7 Å². The second-order valence-electron chi connectivity index (χ2n) is 7.50. The molecule has 1 amide bonds. The molecule has 2 aromatic rings. The van der Waals surface area contributed by atoms with Gasteiger partial charge in [0.05, 0.1) is 0 Å². The first-order valence-corrected chi connectivity index (χ1v) is 10.0. The molecule has 0 radical (unpaired) electrons. The minimum Gasteiger partial charge on any atom is -0.368 e. The zero-order valence-corrected chi connectivity index (χ0v) is 16.1. The molecule has 0 N–H and O–H groups in total. The third-order valence-electron chi connectivity index (χ3n) is 5.53. The van der Waals surface area contributed by atoms with Crippen molar-refractivity contribution >= 4 is 22.9 Å². The number of anilines is 1. The van der Waals surface area contributed by atoms with E-state index < -0.39 is 0 Å². The predicted molar refractivity (Wildman–Crippen MR) is 105 cm³/mol. The molecule has 1 saturated carbocycles. The van der Waals surface area contributed by atoms with Crippen LogP contribution in [0.1, 0.15) is 33.2 Å². The maximum absolute atomic E-state index is 12.8. The standard InChI is InChI=1S/C21H26N2OS/c1-14-4-5-15(2)19(12-14)22-8-10-23(11-9-22)21(24)18-13-17(18)20-7-6-16(3)25-20/h4-7,12,17-18H,8-11,13H2,1-3H3/t17-,18?/m1/s1. The molecule has 132 valence electrons. The lowest BCUT2D eigenvalue weighted by molar-refractivity contribution is -0.132. The van der Waals surface area contributed by atoms with Crippen LogP contribution in [-0.2, 0) is 4.79 Å². The number of benzene rings is 1. The SMILES string of the molecule is Cc1ccc(C)c(N2CCN(C(=O)C3C[C@H]3c3ccc(C)s3)CC2)c1. The van der Waals surface area contributed by atoms with Gasteiger partial charge in [-0.3, -0.25) is 4.79 Å². The van der Waals surface area contributed by atoms with Crippen molar-refractivity contribution in [3.63, 3.8) is 0 Å². The Morgan fingerprint density at radius 3 is 2.48 bits per heavy atom. The lowest BCUT2D eigenvalue weighted by Gasteiger charge is -2.37. The van der Waals surface area contributed by atoms with Crippen molar-refractivity contribution < 1.29 is 4.79 Å². The van der Waals surface area contributed by atoms with Gasteiger partial charge in [0.25, 0.3) is 0 Å². The van der Waals surface area contributed by atoms with Gasteiger partial charge in [-0.05, 0) is 56.5 Å². The minimum atomic E-state index is 0.227. The summed E-state index contributed by atoms with van der Waals surface area (Å²) in [6.07, 6.45) is 1.04. The number of hydrogen-bond donors (Lipinski definition) is 0. The maximum atomic E-state index is 12.8. The van der Waals surface area contributed by atoms with Gasteiger partial charge in [-0.2, -0.15) is 0 Å². The van der Waals surface area contributed by atoms with Crippen molar-refractivity contribution in [1.82, 2.24) is 4.90 Å². The molecule has 2 heterocycles. The molecule has 0 bridgehead atoms. The van der Waals surface area contributed by atoms with Crippen molar-refractivity contribution in [3.05, 3.63) is 51.2 Å². The Hall–Kier alpha value is -1.81. The molecule has 1 aromatic heterocycles. The van der Waals surface area contributed by atoms with Gasteiger partial charge < -0.3 is 9.80 Å². The zero-order chi connectivity index (χ0) is 17.6. The van der Waals surface area contributed by atoms with E-state index >= 15 is 0 Å². The van der Waals surface area contributed by atoms with Crippen molar-refractivity contribution in [1.29, 1.82) is 0 Å². The van der Waals surface area contributed by atoms with Gasteiger partial charge in [0.1, 0.15) is 0 Å². The Kier molecular flexibility index (Phi) is 4.32. The summed E-state index contributed by atoms with van der Waals surface area (Å²) in [6.45, 7) is 10.0. The quantitative estimate of drug-likeness (QED) is 0.827. The normalized spacial score (nSPS) is 23.0. The zero-order valence-electron chi connectivity index (χ0n) is 15.3. The van der Waals surface area contributed by atoms with Gasteiger partial charge >= 0.3 is 0 Å². The minimum absolute atomic E-state index is 0.227. The highest BCUT2D eigenvalue weighted by molar-refractivity contribution is 7.12. The Morgan fingerprint density at radius 2 is 1.80 bits per heavy atom. The van der Waals surface area contributed by atoms with Gasteiger partial charge in [0, 0.05) is 53.5 Å². The molecule has 1 aromatic carbocycles. The highest BCUT2D eigenvalue weighted by Crippen LogP contribution is 2.50. The summed E-state index contributed by atoms with van der Waals surface area (Å²) >= 11 is 1.85. The Labute approximate surface area is 154 Å². The number of thiophene rings is 1. The van der Waals surface area contributed by atoms with Crippen molar-refractivity contribution in [2.75, 3.05) is 31.1 Å². The van der Waals surface area contributed by atoms with E-state index in [4.69, 9.17) is 0 Å².